The molecule has 26 heavy (non-hydrogen) atoms. The van der Waals surface area contributed by atoms with Crippen molar-refractivity contribution in [3.05, 3.63) is 60.2 Å². The summed E-state index contributed by atoms with van der Waals surface area (Å²) >= 11 is 0. The zero-order valence-electron chi connectivity index (χ0n) is 14.3. The minimum atomic E-state index is -0.429. The third kappa shape index (κ3) is 3.76. The largest absolute Gasteiger partial charge is 0.493 e. The van der Waals surface area contributed by atoms with Crippen molar-refractivity contribution in [1.29, 1.82) is 0 Å². The minimum Gasteiger partial charge on any atom is -0.493 e. The van der Waals surface area contributed by atoms with Gasteiger partial charge in [0.25, 0.3) is 0 Å². The fourth-order valence-corrected chi connectivity index (χ4v) is 3.38. The van der Waals surface area contributed by atoms with Crippen LogP contribution in [0.15, 0.2) is 48.6 Å². The number of nitrogens with zero attached hydrogens (tertiary/aromatic N) is 4. The minimum absolute atomic E-state index is 0.257. The van der Waals surface area contributed by atoms with Crippen LogP contribution in [-0.4, -0.2) is 41.1 Å². The van der Waals surface area contributed by atoms with Gasteiger partial charge in [0.2, 0.25) is 5.95 Å². The molecule has 2 aliphatic heterocycles. The summed E-state index contributed by atoms with van der Waals surface area (Å²) in [5.41, 5.74) is 1.25. The van der Waals surface area contributed by atoms with Crippen LogP contribution in [0.5, 0.6) is 5.75 Å². The number of allylic oxidation sites excluding steroid dienone is 1. The highest BCUT2D eigenvalue weighted by molar-refractivity contribution is 5.37. The fourth-order valence-electron chi connectivity index (χ4n) is 3.38. The predicted molar refractivity (Wildman–Crippen MR) is 93.6 cm³/mol. The van der Waals surface area contributed by atoms with Gasteiger partial charge in [-0.3, -0.25) is 0 Å². The Balaban J connectivity index is 1.34. The van der Waals surface area contributed by atoms with Gasteiger partial charge in [-0.1, -0.05) is 0 Å². The summed E-state index contributed by atoms with van der Waals surface area (Å²) in [5.74, 6) is 0.978. The highest BCUT2D eigenvalue weighted by atomic mass is 19.1. The topological polar surface area (TPSA) is 41.5 Å². The second kappa shape index (κ2) is 7.27. The van der Waals surface area contributed by atoms with E-state index in [0.29, 0.717) is 24.2 Å². The van der Waals surface area contributed by atoms with Crippen LogP contribution in [-0.2, 0) is 0 Å². The van der Waals surface area contributed by atoms with E-state index in [1.807, 2.05) is 4.90 Å². The number of ether oxygens (including phenoxy) is 1. The lowest BCUT2D eigenvalue weighted by Crippen LogP contribution is -2.44. The van der Waals surface area contributed by atoms with Crippen LogP contribution < -0.4 is 9.64 Å². The molecule has 7 heteroatoms. The molecular weight excluding hydrogens is 338 g/mol. The van der Waals surface area contributed by atoms with Crippen molar-refractivity contribution >= 4 is 5.95 Å². The Labute approximate surface area is 150 Å². The first kappa shape index (κ1) is 16.8. The van der Waals surface area contributed by atoms with Crippen molar-refractivity contribution in [2.24, 2.45) is 5.92 Å². The van der Waals surface area contributed by atoms with E-state index in [2.05, 4.69) is 21.1 Å². The molecule has 1 aromatic carbocycles. The van der Waals surface area contributed by atoms with E-state index in [-0.39, 0.29) is 5.82 Å². The standard InChI is InChI=1S/C19H20F2N4O/c20-15-2-5-18(6-3-15)26-13-14-1-4-17-12-25(8-7-24(17)11-14)19-22-9-16(21)10-23-19/h2-3,5-6,9-10,12,14H,1,4,7-8,11,13H2. The van der Waals surface area contributed by atoms with Gasteiger partial charge >= 0.3 is 0 Å². The molecule has 0 N–H and O–H groups in total. The molecule has 2 aliphatic rings. The second-order valence-corrected chi connectivity index (χ2v) is 6.63. The lowest BCUT2D eigenvalue weighted by atomic mass is 9.96. The third-order valence-electron chi connectivity index (χ3n) is 4.77. The van der Waals surface area contributed by atoms with Crippen LogP contribution in [0.3, 0.4) is 0 Å². The molecule has 1 unspecified atom stereocenters. The summed E-state index contributed by atoms with van der Waals surface area (Å²) in [4.78, 5) is 12.4. The molecule has 2 aromatic rings. The Morgan fingerprint density at radius 2 is 1.81 bits per heavy atom. The van der Waals surface area contributed by atoms with Gasteiger partial charge in [-0.15, -0.1) is 0 Å². The first-order valence-electron chi connectivity index (χ1n) is 8.75. The van der Waals surface area contributed by atoms with Crippen LogP contribution in [0.2, 0.25) is 0 Å². The summed E-state index contributed by atoms with van der Waals surface area (Å²) in [6.45, 7) is 3.20. The molecule has 0 radical (unpaired) electrons. The Morgan fingerprint density at radius 3 is 2.58 bits per heavy atom. The number of hydrogen-bond donors (Lipinski definition) is 0. The number of aromatic nitrogens is 2. The molecule has 1 fully saturated rings. The quantitative estimate of drug-likeness (QED) is 0.840. The lowest BCUT2D eigenvalue weighted by molar-refractivity contribution is 0.159. The van der Waals surface area contributed by atoms with Crippen molar-refractivity contribution in [3.63, 3.8) is 0 Å². The van der Waals surface area contributed by atoms with Crippen LogP contribution in [0.1, 0.15) is 12.8 Å². The van der Waals surface area contributed by atoms with Gasteiger partial charge in [-0.2, -0.15) is 0 Å². The molecule has 1 atom stereocenters. The van der Waals surface area contributed by atoms with E-state index < -0.39 is 5.82 Å². The van der Waals surface area contributed by atoms with Crippen molar-refractivity contribution in [2.75, 3.05) is 31.1 Å². The second-order valence-electron chi connectivity index (χ2n) is 6.63. The summed E-state index contributed by atoms with van der Waals surface area (Å²) in [6.07, 6.45) is 6.43. The molecule has 5 nitrogen and oxygen atoms in total. The average molecular weight is 358 g/mol. The van der Waals surface area contributed by atoms with Crippen molar-refractivity contribution < 1.29 is 13.5 Å². The molecule has 0 aliphatic carbocycles. The van der Waals surface area contributed by atoms with Crippen LogP contribution in [0, 0.1) is 17.6 Å². The van der Waals surface area contributed by atoms with Crippen LogP contribution >= 0.6 is 0 Å². The SMILES string of the molecule is Fc1ccc(OCC2CCC3=CN(c4ncc(F)cn4)CCN3C2)cc1. The molecule has 0 amide bonds. The first-order chi connectivity index (χ1) is 12.7. The van der Waals surface area contributed by atoms with E-state index in [4.69, 9.17) is 4.74 Å². The Hall–Kier alpha value is -2.70. The maximum absolute atomic E-state index is 13.0. The zero-order valence-corrected chi connectivity index (χ0v) is 14.3. The normalized spacial score (nSPS) is 19.8. The van der Waals surface area contributed by atoms with E-state index in [0.717, 1.165) is 32.5 Å². The van der Waals surface area contributed by atoms with Crippen molar-refractivity contribution in [2.45, 2.75) is 12.8 Å². The Morgan fingerprint density at radius 1 is 1.04 bits per heavy atom. The van der Waals surface area contributed by atoms with Gasteiger partial charge in [-0.05, 0) is 37.1 Å². The highest BCUT2D eigenvalue weighted by Crippen LogP contribution is 2.29. The molecule has 1 saturated heterocycles. The maximum atomic E-state index is 13.0. The van der Waals surface area contributed by atoms with E-state index in [9.17, 15) is 8.78 Å². The zero-order chi connectivity index (χ0) is 17.9. The Bertz CT molecular complexity index is 779. The Kier molecular flexibility index (Phi) is 4.69. The predicted octanol–water partition coefficient (Wildman–Crippen LogP) is 3.21. The van der Waals surface area contributed by atoms with Crippen molar-refractivity contribution in [3.8, 4) is 5.75 Å². The molecular formula is C19H20F2N4O. The van der Waals surface area contributed by atoms with E-state index in [1.165, 1.54) is 30.2 Å². The number of hydrogen-bond acceptors (Lipinski definition) is 5. The lowest BCUT2D eigenvalue weighted by Gasteiger charge is -2.41. The number of anilines is 1. The number of halogens is 2. The third-order valence-corrected chi connectivity index (χ3v) is 4.77. The van der Waals surface area contributed by atoms with E-state index >= 15 is 0 Å². The van der Waals surface area contributed by atoms with E-state index in [1.54, 1.807) is 12.1 Å². The van der Waals surface area contributed by atoms with Gasteiger partial charge in [0.15, 0.2) is 5.82 Å². The van der Waals surface area contributed by atoms with Gasteiger partial charge in [0.1, 0.15) is 11.6 Å². The highest BCUT2D eigenvalue weighted by Gasteiger charge is 2.27. The smallest absolute Gasteiger partial charge is 0.229 e. The molecule has 3 heterocycles. The molecule has 0 bridgehead atoms. The summed E-state index contributed by atoms with van der Waals surface area (Å²) in [6, 6.07) is 6.14. The monoisotopic (exact) mass is 358 g/mol. The van der Waals surface area contributed by atoms with Gasteiger partial charge < -0.3 is 14.5 Å². The summed E-state index contributed by atoms with van der Waals surface area (Å²) in [5, 5.41) is 0. The van der Waals surface area contributed by atoms with Gasteiger partial charge in [-0.25, -0.2) is 18.7 Å². The summed E-state index contributed by atoms with van der Waals surface area (Å²) in [7, 11) is 0. The van der Waals surface area contributed by atoms with Crippen LogP contribution in [0.4, 0.5) is 14.7 Å². The average Bonchev–Trinajstić information content (AvgIpc) is 2.67. The molecule has 136 valence electrons. The molecule has 0 spiro atoms. The molecule has 0 saturated carbocycles. The van der Waals surface area contributed by atoms with Crippen LogP contribution in [0.25, 0.3) is 0 Å². The van der Waals surface area contributed by atoms with Gasteiger partial charge in [0.05, 0.1) is 19.0 Å². The van der Waals surface area contributed by atoms with Gasteiger partial charge in [0, 0.05) is 37.4 Å². The number of rotatable bonds is 4. The molecule has 4 rings (SSSR count). The number of piperidine rings is 1. The maximum Gasteiger partial charge on any atom is 0.229 e. The van der Waals surface area contributed by atoms with Crippen molar-refractivity contribution in [1.82, 2.24) is 14.9 Å². The fraction of sp³-hybridized carbons (Fsp3) is 0.368. The number of benzene rings is 1. The number of fused-ring (bicyclic) bond motifs is 1. The first-order valence-corrected chi connectivity index (χ1v) is 8.75. The summed E-state index contributed by atoms with van der Waals surface area (Å²) < 4.78 is 31.7. The molecule has 1 aromatic heterocycles.